The molecule has 2 atom stereocenters. The number of hydrogen-bond acceptors (Lipinski definition) is 4. The average Bonchev–Trinajstić information content (AvgIpc) is 2.86. The maximum atomic E-state index is 11.9. The fourth-order valence-electron chi connectivity index (χ4n) is 2.25. The number of ether oxygens (including phenoxy) is 1. The quantitative estimate of drug-likeness (QED) is 0.809. The Balaban J connectivity index is 1.87. The molecule has 2 unspecified atom stereocenters. The number of nitrogens with one attached hydrogen (secondary N) is 2. The van der Waals surface area contributed by atoms with Gasteiger partial charge >= 0.3 is 5.97 Å². The van der Waals surface area contributed by atoms with Crippen LogP contribution in [0.5, 0.6) is 0 Å². The molecule has 2 aliphatic heterocycles. The summed E-state index contributed by atoms with van der Waals surface area (Å²) in [6.45, 7) is 0.413. The van der Waals surface area contributed by atoms with E-state index in [0.29, 0.717) is 13.0 Å². The van der Waals surface area contributed by atoms with Crippen molar-refractivity contribution in [2.75, 3.05) is 11.9 Å². The largest absolute Gasteiger partial charge is 0.464 e. The molecule has 1 saturated heterocycles. The Bertz CT molecular complexity index is 532. The molecule has 0 bridgehead atoms. The Labute approximate surface area is 112 Å². The van der Waals surface area contributed by atoms with Crippen LogP contribution in [0.4, 0.5) is 5.69 Å². The second-order valence-corrected chi connectivity index (χ2v) is 5.24. The summed E-state index contributed by atoms with van der Waals surface area (Å²) in [7, 11) is 0. The van der Waals surface area contributed by atoms with Gasteiger partial charge in [0.15, 0.2) is 0 Å². The highest BCUT2D eigenvalue weighted by Crippen LogP contribution is 2.33. The van der Waals surface area contributed by atoms with Crippen LogP contribution in [0, 0.1) is 0 Å². The third-order valence-electron chi connectivity index (χ3n) is 3.15. The van der Waals surface area contributed by atoms with Crippen molar-refractivity contribution in [1.82, 2.24) is 5.32 Å². The molecule has 1 aromatic carbocycles. The molecular weight excluding hydrogens is 300 g/mol. The monoisotopic (exact) mass is 310 g/mol. The van der Waals surface area contributed by atoms with Crippen molar-refractivity contribution in [2.45, 2.75) is 18.5 Å². The van der Waals surface area contributed by atoms with Gasteiger partial charge in [-0.15, -0.1) is 0 Å². The zero-order valence-corrected chi connectivity index (χ0v) is 11.0. The van der Waals surface area contributed by atoms with Crippen LogP contribution >= 0.6 is 15.9 Å². The van der Waals surface area contributed by atoms with Crippen LogP contribution in [0.2, 0.25) is 0 Å². The summed E-state index contributed by atoms with van der Waals surface area (Å²) in [6, 6.07) is 4.70. The third-order valence-corrected chi connectivity index (χ3v) is 3.64. The van der Waals surface area contributed by atoms with E-state index in [9.17, 15) is 9.59 Å². The van der Waals surface area contributed by atoms with E-state index in [0.717, 1.165) is 15.7 Å². The Kier molecular flexibility index (Phi) is 2.83. The van der Waals surface area contributed by atoms with E-state index in [1.54, 1.807) is 0 Å². The van der Waals surface area contributed by atoms with Gasteiger partial charge in [0.05, 0.1) is 6.61 Å². The number of fused-ring (bicyclic) bond motifs is 1. The van der Waals surface area contributed by atoms with Crippen LogP contribution in [-0.2, 0) is 14.3 Å². The molecule has 94 valence electrons. The Hall–Kier alpha value is -1.40. The van der Waals surface area contributed by atoms with Crippen LogP contribution < -0.4 is 10.6 Å². The molecule has 2 N–H and O–H groups in total. The number of benzene rings is 1. The van der Waals surface area contributed by atoms with Gasteiger partial charge < -0.3 is 10.1 Å². The summed E-state index contributed by atoms with van der Waals surface area (Å²) in [5, 5.41) is 5.84. The van der Waals surface area contributed by atoms with Crippen molar-refractivity contribution >= 4 is 33.5 Å². The van der Waals surface area contributed by atoms with Gasteiger partial charge in [-0.25, -0.2) is 0 Å². The molecule has 0 saturated carbocycles. The zero-order valence-electron chi connectivity index (χ0n) is 9.40. The number of hydrogen-bond donors (Lipinski definition) is 2. The summed E-state index contributed by atoms with van der Waals surface area (Å²) in [5.74, 6) is -0.422. The van der Waals surface area contributed by atoms with Crippen molar-refractivity contribution in [3.63, 3.8) is 0 Å². The molecule has 1 aromatic rings. The first-order valence-electron chi connectivity index (χ1n) is 5.68. The molecular formula is C12H11BrN2O3. The van der Waals surface area contributed by atoms with E-state index >= 15 is 0 Å². The number of cyclic esters (lactones) is 1. The molecule has 0 spiro atoms. The fraction of sp³-hybridized carbons (Fsp3) is 0.333. The van der Waals surface area contributed by atoms with Crippen LogP contribution in [0.1, 0.15) is 18.0 Å². The van der Waals surface area contributed by atoms with Gasteiger partial charge in [0.2, 0.25) is 5.91 Å². The second kappa shape index (κ2) is 4.37. The third kappa shape index (κ3) is 1.91. The number of esters is 1. The van der Waals surface area contributed by atoms with E-state index < -0.39 is 12.1 Å². The van der Waals surface area contributed by atoms with Crippen LogP contribution in [0.3, 0.4) is 0 Å². The number of carbonyl (C=O) groups is 2. The molecule has 6 heteroatoms. The highest BCUT2D eigenvalue weighted by Gasteiger charge is 2.36. The lowest BCUT2D eigenvalue weighted by Crippen LogP contribution is -2.39. The lowest BCUT2D eigenvalue weighted by molar-refractivity contribution is -0.139. The molecule has 3 rings (SSSR count). The van der Waals surface area contributed by atoms with Crippen molar-refractivity contribution in [3.05, 3.63) is 28.2 Å². The number of carbonyl (C=O) groups excluding carboxylic acids is 2. The summed E-state index contributed by atoms with van der Waals surface area (Å²) in [5.41, 5.74) is 1.64. The molecule has 0 aromatic heterocycles. The Morgan fingerprint density at radius 2 is 2.22 bits per heavy atom. The van der Waals surface area contributed by atoms with Gasteiger partial charge in [0, 0.05) is 22.1 Å². The fourth-order valence-corrected chi connectivity index (χ4v) is 2.63. The minimum atomic E-state index is -0.492. The van der Waals surface area contributed by atoms with E-state index in [1.165, 1.54) is 0 Å². The first-order valence-corrected chi connectivity index (χ1v) is 6.47. The van der Waals surface area contributed by atoms with Crippen LogP contribution in [-0.4, -0.2) is 24.5 Å². The first-order chi connectivity index (χ1) is 8.65. The molecule has 2 heterocycles. The Morgan fingerprint density at radius 1 is 1.39 bits per heavy atom. The predicted octanol–water partition coefficient (Wildman–Crippen LogP) is 1.35. The molecule has 0 aliphatic carbocycles. The Morgan fingerprint density at radius 3 is 2.94 bits per heavy atom. The van der Waals surface area contributed by atoms with E-state index in [-0.39, 0.29) is 11.9 Å². The van der Waals surface area contributed by atoms with Gasteiger partial charge in [0.1, 0.15) is 12.1 Å². The van der Waals surface area contributed by atoms with Crippen molar-refractivity contribution < 1.29 is 14.3 Å². The standard InChI is InChI=1S/C12H11BrN2O3/c13-6-1-2-8-7(5-6)10(11(16)15-8)14-9-3-4-18-12(9)17/h1-2,5,9-10,14H,3-4H2,(H,15,16). The highest BCUT2D eigenvalue weighted by atomic mass is 79.9. The van der Waals surface area contributed by atoms with E-state index in [4.69, 9.17) is 4.74 Å². The molecule has 1 amide bonds. The topological polar surface area (TPSA) is 67.4 Å². The number of halogens is 1. The second-order valence-electron chi connectivity index (χ2n) is 4.33. The predicted molar refractivity (Wildman–Crippen MR) is 68.0 cm³/mol. The van der Waals surface area contributed by atoms with Gasteiger partial charge in [-0.05, 0) is 18.2 Å². The van der Waals surface area contributed by atoms with Gasteiger partial charge in [-0.3, -0.25) is 14.9 Å². The SMILES string of the molecule is O=C1OCCC1NC1C(=O)Nc2ccc(Br)cc21. The van der Waals surface area contributed by atoms with Gasteiger partial charge in [-0.1, -0.05) is 15.9 Å². The summed E-state index contributed by atoms with van der Waals surface area (Å²) in [4.78, 5) is 23.3. The van der Waals surface area contributed by atoms with Gasteiger partial charge in [0.25, 0.3) is 0 Å². The summed E-state index contributed by atoms with van der Waals surface area (Å²) >= 11 is 3.38. The lowest BCUT2D eigenvalue weighted by atomic mass is 10.1. The van der Waals surface area contributed by atoms with Crippen LogP contribution in [0.15, 0.2) is 22.7 Å². The highest BCUT2D eigenvalue weighted by molar-refractivity contribution is 9.10. The molecule has 0 radical (unpaired) electrons. The smallest absolute Gasteiger partial charge is 0.323 e. The number of amides is 1. The number of rotatable bonds is 2. The lowest BCUT2D eigenvalue weighted by Gasteiger charge is -2.14. The van der Waals surface area contributed by atoms with Crippen LogP contribution in [0.25, 0.3) is 0 Å². The van der Waals surface area contributed by atoms with Crippen molar-refractivity contribution in [3.8, 4) is 0 Å². The minimum Gasteiger partial charge on any atom is -0.464 e. The first kappa shape index (κ1) is 11.7. The maximum absolute atomic E-state index is 11.9. The van der Waals surface area contributed by atoms with Crippen molar-refractivity contribution in [2.24, 2.45) is 0 Å². The van der Waals surface area contributed by atoms with Gasteiger partial charge in [-0.2, -0.15) is 0 Å². The summed E-state index contributed by atoms with van der Waals surface area (Å²) in [6.07, 6.45) is 0.603. The van der Waals surface area contributed by atoms with E-state index in [1.807, 2.05) is 18.2 Å². The van der Waals surface area contributed by atoms with E-state index in [2.05, 4.69) is 26.6 Å². The van der Waals surface area contributed by atoms with Crippen molar-refractivity contribution in [1.29, 1.82) is 0 Å². The minimum absolute atomic E-state index is 0.136. The molecule has 1 fully saturated rings. The molecule has 18 heavy (non-hydrogen) atoms. The normalized spacial score (nSPS) is 25.8. The number of anilines is 1. The molecule has 2 aliphatic rings. The summed E-state index contributed by atoms with van der Waals surface area (Å²) < 4.78 is 5.78. The molecule has 5 nitrogen and oxygen atoms in total. The maximum Gasteiger partial charge on any atom is 0.323 e. The zero-order chi connectivity index (χ0) is 12.7. The average molecular weight is 311 g/mol.